The first-order valence-corrected chi connectivity index (χ1v) is 9.88. The fourth-order valence-corrected chi connectivity index (χ4v) is 4.63. The third-order valence-electron chi connectivity index (χ3n) is 4.00. The highest BCUT2D eigenvalue weighted by Crippen LogP contribution is 2.40. The molecular weight excluding hydrogens is 386 g/mol. The second-order valence-corrected chi connectivity index (χ2v) is 7.80. The molecule has 27 heavy (non-hydrogen) atoms. The Kier molecular flexibility index (Phi) is 3.83. The van der Waals surface area contributed by atoms with Crippen molar-refractivity contribution in [3.63, 3.8) is 0 Å². The molecule has 1 aliphatic heterocycles. The van der Waals surface area contributed by atoms with Gasteiger partial charge in [0.1, 0.15) is 0 Å². The second-order valence-electron chi connectivity index (χ2n) is 5.74. The van der Waals surface area contributed by atoms with Crippen molar-refractivity contribution in [2.75, 3.05) is 18.7 Å². The lowest BCUT2D eigenvalue weighted by Crippen LogP contribution is -2.03. The van der Waals surface area contributed by atoms with Gasteiger partial charge in [-0.1, -0.05) is 22.7 Å². The number of carbonyl (C=O) groups is 1. The molecule has 136 valence electrons. The van der Waals surface area contributed by atoms with Gasteiger partial charge >= 0.3 is 5.97 Å². The highest BCUT2D eigenvalue weighted by molar-refractivity contribution is 7.24. The second kappa shape index (κ2) is 6.36. The molecule has 0 bridgehead atoms. The average molecular weight is 399 g/mol. The molecule has 0 unspecified atom stereocenters. The first-order chi connectivity index (χ1) is 13.2. The fraction of sp³-hybridized carbons (Fsp3) is 0.167. The lowest BCUT2D eigenvalue weighted by molar-refractivity contribution is 0.0526. The molecule has 5 rings (SSSR count). The minimum absolute atomic E-state index is 0.247. The van der Waals surface area contributed by atoms with Gasteiger partial charge in [0.15, 0.2) is 21.8 Å². The molecule has 0 saturated heterocycles. The molecule has 0 radical (unpaired) electrons. The molecule has 9 heteroatoms. The van der Waals surface area contributed by atoms with Crippen LogP contribution in [0.15, 0.2) is 30.3 Å². The van der Waals surface area contributed by atoms with Crippen molar-refractivity contribution < 1.29 is 19.0 Å². The molecule has 4 aromatic rings. The highest BCUT2D eigenvalue weighted by atomic mass is 32.1. The normalized spacial score (nSPS) is 12.6. The van der Waals surface area contributed by atoms with Crippen LogP contribution < -0.4 is 14.8 Å². The summed E-state index contributed by atoms with van der Waals surface area (Å²) in [6.07, 6.45) is 0. The number of rotatable bonds is 4. The Labute approximate surface area is 161 Å². The van der Waals surface area contributed by atoms with Gasteiger partial charge in [-0.2, -0.15) is 0 Å². The molecule has 0 spiro atoms. The Morgan fingerprint density at radius 3 is 2.56 bits per heavy atom. The molecule has 0 amide bonds. The largest absolute Gasteiger partial charge is 0.462 e. The Morgan fingerprint density at radius 1 is 1.07 bits per heavy atom. The van der Waals surface area contributed by atoms with Crippen LogP contribution in [0.1, 0.15) is 17.3 Å². The smallest absolute Gasteiger partial charge is 0.338 e. The zero-order valence-corrected chi connectivity index (χ0v) is 15.8. The summed E-state index contributed by atoms with van der Waals surface area (Å²) in [5.74, 6) is 1.13. The van der Waals surface area contributed by atoms with Gasteiger partial charge < -0.3 is 19.5 Å². The Bertz CT molecular complexity index is 1140. The molecule has 0 fully saturated rings. The Hall–Kier alpha value is -2.91. The van der Waals surface area contributed by atoms with Crippen molar-refractivity contribution in [1.29, 1.82) is 0 Å². The van der Waals surface area contributed by atoms with E-state index in [1.165, 1.54) is 22.7 Å². The van der Waals surface area contributed by atoms with Crippen LogP contribution in [0.3, 0.4) is 0 Å². The summed E-state index contributed by atoms with van der Waals surface area (Å²) in [5.41, 5.74) is 2.18. The number of aromatic nitrogens is 2. The predicted molar refractivity (Wildman–Crippen MR) is 105 cm³/mol. The number of anilines is 2. The van der Waals surface area contributed by atoms with Crippen LogP contribution in [-0.2, 0) is 4.74 Å². The van der Waals surface area contributed by atoms with Crippen molar-refractivity contribution in [3.8, 4) is 11.5 Å². The highest BCUT2D eigenvalue weighted by Gasteiger charge is 2.17. The van der Waals surface area contributed by atoms with Crippen LogP contribution in [0.2, 0.25) is 0 Å². The number of carbonyl (C=O) groups excluding carboxylic acids is 1. The molecule has 3 heterocycles. The van der Waals surface area contributed by atoms with E-state index in [4.69, 9.17) is 14.2 Å². The van der Waals surface area contributed by atoms with Gasteiger partial charge in [0.2, 0.25) is 6.79 Å². The van der Waals surface area contributed by atoms with Crippen molar-refractivity contribution in [3.05, 3.63) is 35.9 Å². The van der Waals surface area contributed by atoms with E-state index in [0.29, 0.717) is 23.1 Å². The molecule has 2 aromatic heterocycles. The summed E-state index contributed by atoms with van der Waals surface area (Å²) in [4.78, 5) is 21.0. The van der Waals surface area contributed by atoms with E-state index in [1.807, 2.05) is 18.2 Å². The van der Waals surface area contributed by atoms with E-state index in [9.17, 15) is 4.79 Å². The van der Waals surface area contributed by atoms with Gasteiger partial charge in [0.25, 0.3) is 0 Å². The minimum atomic E-state index is -0.328. The third kappa shape index (κ3) is 2.94. The standard InChI is InChI=1S/C18H13N3O4S2/c1-2-23-16(22)9-3-4-10-14(5-9)26-17(19-10)21-18-20-11-6-12-13(25-8-24-12)7-15(11)27-18/h3-7H,2,8H2,1H3,(H,19,20,21). The number of nitrogens with one attached hydrogen (secondary N) is 1. The monoisotopic (exact) mass is 399 g/mol. The number of benzene rings is 2. The van der Waals surface area contributed by atoms with Gasteiger partial charge in [-0.25, -0.2) is 14.8 Å². The van der Waals surface area contributed by atoms with Crippen molar-refractivity contribution in [2.45, 2.75) is 6.92 Å². The number of fused-ring (bicyclic) bond motifs is 3. The summed E-state index contributed by atoms with van der Waals surface area (Å²) < 4.78 is 17.8. The summed E-state index contributed by atoms with van der Waals surface area (Å²) in [6.45, 7) is 2.39. The number of hydrogen-bond donors (Lipinski definition) is 1. The van der Waals surface area contributed by atoms with Crippen molar-refractivity contribution >= 4 is 59.3 Å². The number of nitrogens with zero attached hydrogens (tertiary/aromatic N) is 2. The summed E-state index contributed by atoms with van der Waals surface area (Å²) >= 11 is 2.98. The molecule has 2 aromatic carbocycles. The van der Waals surface area contributed by atoms with Gasteiger partial charge in [-0.3, -0.25) is 0 Å². The van der Waals surface area contributed by atoms with Crippen LogP contribution in [0.4, 0.5) is 10.3 Å². The molecule has 1 aliphatic rings. The maximum absolute atomic E-state index is 11.9. The first-order valence-electron chi connectivity index (χ1n) is 8.24. The van der Waals surface area contributed by atoms with E-state index in [-0.39, 0.29) is 12.8 Å². The van der Waals surface area contributed by atoms with Crippen LogP contribution in [0.5, 0.6) is 11.5 Å². The number of ether oxygens (including phenoxy) is 3. The quantitative estimate of drug-likeness (QED) is 0.504. The lowest BCUT2D eigenvalue weighted by atomic mass is 10.2. The maximum Gasteiger partial charge on any atom is 0.338 e. The Balaban J connectivity index is 1.44. The molecule has 7 nitrogen and oxygen atoms in total. The minimum Gasteiger partial charge on any atom is -0.462 e. The van der Waals surface area contributed by atoms with Crippen molar-refractivity contribution in [2.24, 2.45) is 0 Å². The summed E-state index contributed by atoms with van der Waals surface area (Å²) in [5, 5.41) is 4.70. The van der Waals surface area contributed by atoms with Crippen LogP contribution in [0, 0.1) is 0 Å². The predicted octanol–water partition coefficient (Wildman–Crippen LogP) is 4.56. The first kappa shape index (κ1) is 16.3. The molecule has 0 aliphatic carbocycles. The fourth-order valence-electron chi connectivity index (χ4n) is 2.78. The van der Waals surface area contributed by atoms with Crippen LogP contribution >= 0.6 is 22.7 Å². The van der Waals surface area contributed by atoms with E-state index in [2.05, 4.69) is 15.3 Å². The van der Waals surface area contributed by atoms with Gasteiger partial charge in [0.05, 0.1) is 32.6 Å². The van der Waals surface area contributed by atoms with E-state index >= 15 is 0 Å². The Morgan fingerprint density at radius 2 is 1.78 bits per heavy atom. The lowest BCUT2D eigenvalue weighted by Gasteiger charge is -2.00. The van der Waals surface area contributed by atoms with Crippen molar-refractivity contribution in [1.82, 2.24) is 9.97 Å². The SMILES string of the molecule is CCOC(=O)c1ccc2nc(Nc3nc4cc5c(cc4s3)OCO5)sc2c1. The molecule has 0 saturated carbocycles. The van der Waals surface area contributed by atoms with E-state index in [0.717, 1.165) is 31.3 Å². The number of thiazole rings is 2. The van der Waals surface area contributed by atoms with Crippen LogP contribution in [-0.4, -0.2) is 29.3 Å². The number of esters is 1. The molecule has 1 N–H and O–H groups in total. The zero-order valence-electron chi connectivity index (χ0n) is 14.1. The average Bonchev–Trinajstić information content (AvgIpc) is 3.35. The number of hydrogen-bond acceptors (Lipinski definition) is 9. The third-order valence-corrected chi connectivity index (χ3v) is 5.86. The van der Waals surface area contributed by atoms with E-state index < -0.39 is 0 Å². The van der Waals surface area contributed by atoms with Gasteiger partial charge in [-0.15, -0.1) is 0 Å². The summed E-state index contributed by atoms with van der Waals surface area (Å²) in [6, 6.07) is 9.16. The zero-order chi connectivity index (χ0) is 18.4. The van der Waals surface area contributed by atoms with Gasteiger partial charge in [0, 0.05) is 12.1 Å². The van der Waals surface area contributed by atoms with Crippen LogP contribution in [0.25, 0.3) is 20.4 Å². The van der Waals surface area contributed by atoms with E-state index in [1.54, 1.807) is 19.1 Å². The summed E-state index contributed by atoms with van der Waals surface area (Å²) in [7, 11) is 0. The van der Waals surface area contributed by atoms with Gasteiger partial charge in [-0.05, 0) is 25.1 Å². The molecular formula is C18H13N3O4S2. The molecule has 0 atom stereocenters. The maximum atomic E-state index is 11.9. The topological polar surface area (TPSA) is 82.6 Å².